The van der Waals surface area contributed by atoms with Gasteiger partial charge in [-0.2, -0.15) is 9.61 Å². The number of aromatic nitrogens is 6. The van der Waals surface area contributed by atoms with E-state index in [0.29, 0.717) is 22.9 Å². The highest BCUT2D eigenvalue weighted by Crippen LogP contribution is 2.35. The van der Waals surface area contributed by atoms with Crippen LogP contribution in [0.3, 0.4) is 0 Å². The van der Waals surface area contributed by atoms with Crippen molar-refractivity contribution in [1.82, 2.24) is 29.4 Å². The van der Waals surface area contributed by atoms with Gasteiger partial charge in [0.1, 0.15) is 11.3 Å². The van der Waals surface area contributed by atoms with Crippen molar-refractivity contribution in [3.63, 3.8) is 0 Å². The fourth-order valence-corrected chi connectivity index (χ4v) is 4.85. The Hall–Kier alpha value is -3.40. The molecule has 3 atom stereocenters. The van der Waals surface area contributed by atoms with Gasteiger partial charge in [-0.3, -0.25) is 4.68 Å². The summed E-state index contributed by atoms with van der Waals surface area (Å²) in [6.07, 6.45) is 7.54. The Morgan fingerprint density at radius 3 is 2.88 bits per heavy atom. The number of nitrogen functional groups attached to an aromatic ring is 1. The van der Waals surface area contributed by atoms with Gasteiger partial charge < -0.3 is 20.5 Å². The van der Waals surface area contributed by atoms with Crippen molar-refractivity contribution in [1.29, 1.82) is 0 Å². The molecule has 0 bridgehead atoms. The van der Waals surface area contributed by atoms with Gasteiger partial charge in [-0.25, -0.2) is 9.97 Å². The summed E-state index contributed by atoms with van der Waals surface area (Å²) in [4.78, 5) is 11.7. The number of anilines is 2. The van der Waals surface area contributed by atoms with E-state index < -0.39 is 0 Å². The van der Waals surface area contributed by atoms with E-state index in [9.17, 15) is 5.11 Å². The molecular formula is C22H26N8O2. The Morgan fingerprint density at radius 1 is 1.19 bits per heavy atom. The summed E-state index contributed by atoms with van der Waals surface area (Å²) in [5, 5.41) is 20.1. The van der Waals surface area contributed by atoms with Gasteiger partial charge in [-0.1, -0.05) is 6.07 Å². The van der Waals surface area contributed by atoms with E-state index in [1.165, 1.54) is 0 Å². The number of hydrogen-bond donors (Lipinski definition) is 2. The third kappa shape index (κ3) is 2.97. The SMILES string of the molecule is COc1cccc2c1nc(N)n1nc([C@@H]3CCCN(c4cnn([C@@H]5CCC5O)c4)C3)nc21. The molecule has 2 fully saturated rings. The van der Waals surface area contributed by atoms with Crippen LogP contribution < -0.4 is 15.4 Å². The highest BCUT2D eigenvalue weighted by atomic mass is 16.5. The zero-order chi connectivity index (χ0) is 21.8. The topological polar surface area (TPSA) is 120 Å². The van der Waals surface area contributed by atoms with Crippen molar-refractivity contribution in [3.8, 4) is 5.75 Å². The number of methoxy groups -OCH3 is 1. The molecule has 10 heteroatoms. The minimum atomic E-state index is -0.286. The van der Waals surface area contributed by atoms with E-state index in [4.69, 9.17) is 20.6 Å². The van der Waals surface area contributed by atoms with Crippen LogP contribution in [0.15, 0.2) is 30.6 Å². The van der Waals surface area contributed by atoms with Crippen LogP contribution in [0.25, 0.3) is 16.6 Å². The lowest BCUT2D eigenvalue weighted by Crippen LogP contribution is -2.35. The quantitative estimate of drug-likeness (QED) is 0.501. The summed E-state index contributed by atoms with van der Waals surface area (Å²) >= 11 is 0. The average Bonchev–Trinajstić information content (AvgIpc) is 3.46. The summed E-state index contributed by atoms with van der Waals surface area (Å²) in [5.74, 6) is 1.92. The number of nitrogens with two attached hydrogens (primary N) is 1. The Labute approximate surface area is 184 Å². The van der Waals surface area contributed by atoms with Crippen molar-refractivity contribution < 1.29 is 9.84 Å². The molecule has 166 valence electrons. The molecule has 1 saturated heterocycles. The van der Waals surface area contributed by atoms with E-state index in [2.05, 4.69) is 15.0 Å². The highest BCUT2D eigenvalue weighted by Gasteiger charge is 2.32. The molecule has 0 radical (unpaired) electrons. The standard InChI is InChI=1S/C22H26N8O2/c1-32-18-6-2-5-15-19(18)25-22(23)30-21(15)26-20(27-30)13-4-3-9-28(11-13)14-10-24-29(12-14)16-7-8-17(16)31/h2,5-6,10,12-13,16-17,31H,3-4,7-9,11H2,1H3,(H2,23,25)/t13-,16-,17?/m1/s1. The van der Waals surface area contributed by atoms with Crippen molar-refractivity contribution in [2.45, 2.75) is 43.7 Å². The molecule has 6 rings (SSSR count). The maximum Gasteiger partial charge on any atom is 0.223 e. The Kier molecular flexibility index (Phi) is 4.42. The molecule has 4 heterocycles. The van der Waals surface area contributed by atoms with Gasteiger partial charge in [0.15, 0.2) is 11.5 Å². The van der Waals surface area contributed by atoms with Crippen LogP contribution in [0.5, 0.6) is 5.75 Å². The van der Waals surface area contributed by atoms with Gasteiger partial charge >= 0.3 is 0 Å². The number of rotatable bonds is 4. The summed E-state index contributed by atoms with van der Waals surface area (Å²) in [7, 11) is 1.62. The number of nitrogens with zero attached hydrogens (tertiary/aromatic N) is 7. The first-order valence-electron chi connectivity index (χ1n) is 11.1. The molecule has 2 aliphatic rings. The molecule has 32 heavy (non-hydrogen) atoms. The van der Waals surface area contributed by atoms with E-state index in [-0.39, 0.29) is 18.1 Å². The number of para-hydroxylation sites is 1. The van der Waals surface area contributed by atoms with Crippen molar-refractivity contribution >= 4 is 28.2 Å². The van der Waals surface area contributed by atoms with Crippen LogP contribution in [0.4, 0.5) is 11.6 Å². The van der Waals surface area contributed by atoms with Gasteiger partial charge in [0.05, 0.1) is 31.1 Å². The number of aliphatic hydroxyl groups excluding tert-OH is 1. The van der Waals surface area contributed by atoms with Gasteiger partial charge in [0, 0.05) is 30.6 Å². The van der Waals surface area contributed by atoms with E-state index in [1.807, 2.05) is 35.3 Å². The predicted molar refractivity (Wildman–Crippen MR) is 120 cm³/mol. The second-order valence-corrected chi connectivity index (χ2v) is 8.71. The molecule has 4 aromatic rings. The zero-order valence-electron chi connectivity index (χ0n) is 17.9. The zero-order valence-corrected chi connectivity index (χ0v) is 17.9. The van der Waals surface area contributed by atoms with Crippen molar-refractivity contribution in [2.75, 3.05) is 30.8 Å². The molecule has 1 unspecified atom stereocenters. The lowest BCUT2D eigenvalue weighted by Gasteiger charge is -2.33. The summed E-state index contributed by atoms with van der Waals surface area (Å²) < 4.78 is 8.99. The molecule has 3 aromatic heterocycles. The number of fused-ring (bicyclic) bond motifs is 3. The Bertz CT molecular complexity index is 1300. The van der Waals surface area contributed by atoms with Gasteiger partial charge in [-0.15, -0.1) is 5.10 Å². The summed E-state index contributed by atoms with van der Waals surface area (Å²) in [6.45, 7) is 1.77. The maximum atomic E-state index is 9.95. The molecule has 0 spiro atoms. The van der Waals surface area contributed by atoms with Crippen molar-refractivity contribution in [2.24, 2.45) is 0 Å². The Morgan fingerprint density at radius 2 is 2.09 bits per heavy atom. The molecule has 1 aliphatic carbocycles. The molecule has 1 saturated carbocycles. The monoisotopic (exact) mass is 434 g/mol. The van der Waals surface area contributed by atoms with Gasteiger partial charge in [0.2, 0.25) is 5.95 Å². The van der Waals surface area contributed by atoms with Crippen LogP contribution >= 0.6 is 0 Å². The summed E-state index contributed by atoms with van der Waals surface area (Å²) in [5.41, 5.74) is 8.69. The summed E-state index contributed by atoms with van der Waals surface area (Å²) in [6, 6.07) is 5.86. The number of ether oxygens (including phenoxy) is 1. The first-order chi connectivity index (χ1) is 15.6. The molecule has 3 N–H and O–H groups in total. The molecule has 10 nitrogen and oxygen atoms in total. The van der Waals surface area contributed by atoms with Crippen LogP contribution in [0, 0.1) is 0 Å². The Balaban J connectivity index is 1.31. The molecule has 1 aliphatic heterocycles. The van der Waals surface area contributed by atoms with E-state index >= 15 is 0 Å². The largest absolute Gasteiger partial charge is 0.494 e. The van der Waals surface area contributed by atoms with Crippen LogP contribution in [0.1, 0.15) is 43.5 Å². The lowest BCUT2D eigenvalue weighted by atomic mass is 9.89. The maximum absolute atomic E-state index is 9.95. The normalized spacial score (nSPS) is 23.6. The van der Waals surface area contributed by atoms with Crippen LogP contribution in [-0.4, -0.2) is 60.8 Å². The fraction of sp³-hybridized carbons (Fsp3) is 0.455. The highest BCUT2D eigenvalue weighted by molar-refractivity contribution is 5.95. The third-order valence-electron chi connectivity index (χ3n) is 6.81. The number of piperidine rings is 1. The number of hydrogen-bond acceptors (Lipinski definition) is 8. The van der Waals surface area contributed by atoms with Gasteiger partial charge in [0.25, 0.3) is 0 Å². The van der Waals surface area contributed by atoms with Gasteiger partial charge in [-0.05, 0) is 37.8 Å². The number of aliphatic hydroxyl groups is 1. The smallest absolute Gasteiger partial charge is 0.223 e. The molecule has 0 amide bonds. The van der Waals surface area contributed by atoms with Crippen molar-refractivity contribution in [3.05, 3.63) is 36.4 Å². The predicted octanol–water partition coefficient (Wildman–Crippen LogP) is 2.14. The number of benzene rings is 1. The second kappa shape index (κ2) is 7.33. The minimum Gasteiger partial charge on any atom is -0.494 e. The first-order valence-corrected chi connectivity index (χ1v) is 11.1. The minimum absolute atomic E-state index is 0.102. The first kappa shape index (κ1) is 19.3. The fourth-order valence-electron chi connectivity index (χ4n) is 4.85. The van der Waals surface area contributed by atoms with E-state index in [0.717, 1.165) is 55.7 Å². The average molecular weight is 435 g/mol. The molecular weight excluding hydrogens is 408 g/mol. The van der Waals surface area contributed by atoms with Crippen LogP contribution in [-0.2, 0) is 0 Å². The second-order valence-electron chi connectivity index (χ2n) is 8.71. The lowest BCUT2D eigenvalue weighted by molar-refractivity contribution is 0.0254. The third-order valence-corrected chi connectivity index (χ3v) is 6.81. The van der Waals surface area contributed by atoms with E-state index in [1.54, 1.807) is 11.6 Å². The van der Waals surface area contributed by atoms with Crippen LogP contribution in [0.2, 0.25) is 0 Å². The molecule has 1 aromatic carbocycles.